The SMILES string of the molecule is C=CCCCCCN(C)C(=NC)NCC(C)N1CCN(C)CC1.I. The predicted octanol–water partition coefficient (Wildman–Crippen LogP) is 2.49. The van der Waals surface area contributed by atoms with Crippen molar-refractivity contribution in [1.29, 1.82) is 0 Å². The van der Waals surface area contributed by atoms with Gasteiger partial charge in [0, 0.05) is 59.4 Å². The number of likely N-dealkylation sites (N-methyl/N-ethyl adjacent to an activating group) is 1. The summed E-state index contributed by atoms with van der Waals surface area (Å²) >= 11 is 0. The molecule has 1 N–H and O–H groups in total. The number of halogens is 1. The normalized spacial score (nSPS) is 17.9. The van der Waals surface area contributed by atoms with Crippen LogP contribution in [0.15, 0.2) is 17.6 Å². The third-order valence-corrected chi connectivity index (χ3v) is 4.69. The van der Waals surface area contributed by atoms with E-state index >= 15 is 0 Å². The maximum Gasteiger partial charge on any atom is 0.193 e. The molecule has 0 radical (unpaired) electrons. The van der Waals surface area contributed by atoms with Gasteiger partial charge < -0.3 is 15.1 Å². The minimum Gasteiger partial charge on any atom is -0.355 e. The van der Waals surface area contributed by atoms with Crippen LogP contribution in [0.1, 0.15) is 32.6 Å². The molecule has 142 valence electrons. The Balaban J connectivity index is 0.00000529. The molecule has 0 aromatic heterocycles. The summed E-state index contributed by atoms with van der Waals surface area (Å²) in [5.41, 5.74) is 0. The second kappa shape index (κ2) is 13.9. The van der Waals surface area contributed by atoms with Gasteiger partial charge in [-0.25, -0.2) is 0 Å². The number of unbranched alkanes of at least 4 members (excludes halogenated alkanes) is 3. The summed E-state index contributed by atoms with van der Waals surface area (Å²) in [4.78, 5) is 11.6. The smallest absolute Gasteiger partial charge is 0.193 e. The average Bonchev–Trinajstić information content (AvgIpc) is 2.55. The van der Waals surface area contributed by atoms with Gasteiger partial charge in [0.25, 0.3) is 0 Å². The van der Waals surface area contributed by atoms with Gasteiger partial charge in [-0.2, -0.15) is 0 Å². The van der Waals surface area contributed by atoms with Crippen LogP contribution in [0.25, 0.3) is 0 Å². The Kier molecular flexibility index (Phi) is 13.7. The molecule has 1 saturated heterocycles. The maximum absolute atomic E-state index is 4.42. The largest absolute Gasteiger partial charge is 0.355 e. The third kappa shape index (κ3) is 9.22. The molecule has 0 bridgehead atoms. The van der Waals surface area contributed by atoms with Crippen LogP contribution in [0.3, 0.4) is 0 Å². The summed E-state index contributed by atoms with van der Waals surface area (Å²) < 4.78 is 0. The van der Waals surface area contributed by atoms with E-state index in [1.165, 1.54) is 32.4 Å². The Morgan fingerprint density at radius 3 is 2.50 bits per heavy atom. The fraction of sp³-hybridized carbons (Fsp3) is 0.833. The molecule has 1 unspecified atom stereocenters. The number of guanidine groups is 1. The molecular weight excluding hydrogens is 413 g/mol. The Labute approximate surface area is 166 Å². The van der Waals surface area contributed by atoms with Gasteiger partial charge in [0.05, 0.1) is 0 Å². The van der Waals surface area contributed by atoms with E-state index in [0.29, 0.717) is 6.04 Å². The van der Waals surface area contributed by atoms with Crippen molar-refractivity contribution in [3.8, 4) is 0 Å². The summed E-state index contributed by atoms with van der Waals surface area (Å²) in [5.74, 6) is 1.01. The lowest BCUT2D eigenvalue weighted by atomic mass is 10.2. The minimum absolute atomic E-state index is 0. The number of aliphatic imine (C=N–C) groups is 1. The maximum atomic E-state index is 4.42. The first-order valence-electron chi connectivity index (χ1n) is 9.03. The van der Waals surface area contributed by atoms with Crippen molar-refractivity contribution in [2.45, 2.75) is 38.6 Å². The van der Waals surface area contributed by atoms with Crippen LogP contribution >= 0.6 is 24.0 Å². The Morgan fingerprint density at radius 1 is 1.25 bits per heavy atom. The molecule has 1 rings (SSSR count). The second-order valence-corrected chi connectivity index (χ2v) is 6.68. The quantitative estimate of drug-likeness (QED) is 0.192. The molecule has 0 amide bonds. The highest BCUT2D eigenvalue weighted by atomic mass is 127. The first-order valence-corrected chi connectivity index (χ1v) is 9.03. The molecule has 1 heterocycles. The fourth-order valence-electron chi connectivity index (χ4n) is 2.94. The molecule has 0 aromatic carbocycles. The van der Waals surface area contributed by atoms with Crippen molar-refractivity contribution < 1.29 is 0 Å². The van der Waals surface area contributed by atoms with E-state index in [0.717, 1.165) is 38.6 Å². The van der Waals surface area contributed by atoms with Crippen molar-refractivity contribution in [3.05, 3.63) is 12.7 Å². The zero-order chi connectivity index (χ0) is 17.1. The second-order valence-electron chi connectivity index (χ2n) is 6.68. The highest BCUT2D eigenvalue weighted by Gasteiger charge is 2.19. The summed E-state index contributed by atoms with van der Waals surface area (Å²) in [6, 6.07) is 0.543. The lowest BCUT2D eigenvalue weighted by molar-refractivity contribution is 0.119. The van der Waals surface area contributed by atoms with Crippen LogP contribution in [0.2, 0.25) is 0 Å². The van der Waals surface area contributed by atoms with E-state index in [-0.39, 0.29) is 24.0 Å². The first kappa shape index (κ1) is 23.7. The minimum atomic E-state index is 0. The van der Waals surface area contributed by atoms with Gasteiger partial charge in [-0.3, -0.25) is 9.89 Å². The molecule has 0 aliphatic carbocycles. The van der Waals surface area contributed by atoms with Gasteiger partial charge in [-0.1, -0.05) is 12.5 Å². The molecule has 1 atom stereocenters. The van der Waals surface area contributed by atoms with E-state index in [2.05, 4.69) is 52.6 Å². The van der Waals surface area contributed by atoms with Crippen LogP contribution in [0.4, 0.5) is 0 Å². The van der Waals surface area contributed by atoms with Crippen LogP contribution in [-0.4, -0.2) is 87.1 Å². The Morgan fingerprint density at radius 2 is 1.92 bits per heavy atom. The van der Waals surface area contributed by atoms with Crippen molar-refractivity contribution >= 4 is 29.9 Å². The van der Waals surface area contributed by atoms with Gasteiger partial charge in [-0.15, -0.1) is 30.6 Å². The lowest BCUT2D eigenvalue weighted by Crippen LogP contribution is -2.52. The topological polar surface area (TPSA) is 34.1 Å². The van der Waals surface area contributed by atoms with Crippen LogP contribution < -0.4 is 5.32 Å². The third-order valence-electron chi connectivity index (χ3n) is 4.69. The van der Waals surface area contributed by atoms with Crippen molar-refractivity contribution in [3.63, 3.8) is 0 Å². The average molecular weight is 451 g/mol. The molecule has 0 saturated carbocycles. The highest BCUT2D eigenvalue weighted by molar-refractivity contribution is 14.0. The van der Waals surface area contributed by atoms with Crippen LogP contribution in [0, 0.1) is 0 Å². The monoisotopic (exact) mass is 451 g/mol. The van der Waals surface area contributed by atoms with Gasteiger partial charge in [0.2, 0.25) is 0 Å². The zero-order valence-electron chi connectivity index (χ0n) is 16.1. The number of hydrogen-bond donors (Lipinski definition) is 1. The van der Waals surface area contributed by atoms with Gasteiger partial charge >= 0.3 is 0 Å². The van der Waals surface area contributed by atoms with Gasteiger partial charge in [0.1, 0.15) is 0 Å². The number of nitrogens with one attached hydrogen (secondary N) is 1. The van der Waals surface area contributed by atoms with Crippen LogP contribution in [0.5, 0.6) is 0 Å². The fourth-order valence-corrected chi connectivity index (χ4v) is 2.94. The van der Waals surface area contributed by atoms with E-state index in [1.807, 2.05) is 13.1 Å². The van der Waals surface area contributed by atoms with E-state index < -0.39 is 0 Å². The molecule has 1 aliphatic heterocycles. The summed E-state index contributed by atoms with van der Waals surface area (Å²) in [6.45, 7) is 12.8. The van der Waals surface area contributed by atoms with Crippen molar-refractivity contribution in [2.75, 3.05) is 60.4 Å². The number of rotatable bonds is 9. The molecule has 1 fully saturated rings. The van der Waals surface area contributed by atoms with Crippen molar-refractivity contribution in [1.82, 2.24) is 20.0 Å². The zero-order valence-corrected chi connectivity index (χ0v) is 18.5. The van der Waals surface area contributed by atoms with Gasteiger partial charge in [0.15, 0.2) is 5.96 Å². The van der Waals surface area contributed by atoms with Gasteiger partial charge in [-0.05, 0) is 33.2 Å². The number of piperazine rings is 1. The number of allylic oxidation sites excluding steroid dienone is 1. The highest BCUT2D eigenvalue weighted by Crippen LogP contribution is 2.05. The van der Waals surface area contributed by atoms with E-state index in [1.54, 1.807) is 0 Å². The molecule has 0 spiro atoms. The standard InChI is InChI=1S/C18H37N5.HI/c1-6-7-8-9-10-11-22(5)18(19-3)20-16-17(2)23-14-12-21(4)13-15-23;/h6,17H,1,7-16H2,2-5H3,(H,19,20);1H. The molecule has 1 aliphatic rings. The molecule has 6 heteroatoms. The number of nitrogens with zero attached hydrogens (tertiary/aromatic N) is 4. The van der Waals surface area contributed by atoms with E-state index in [9.17, 15) is 0 Å². The van der Waals surface area contributed by atoms with Crippen molar-refractivity contribution in [2.24, 2.45) is 4.99 Å². The Hall–Kier alpha value is -0.340. The molecule has 5 nitrogen and oxygen atoms in total. The molecule has 0 aromatic rings. The predicted molar refractivity (Wildman–Crippen MR) is 117 cm³/mol. The lowest BCUT2D eigenvalue weighted by Gasteiger charge is -2.37. The molecule has 24 heavy (non-hydrogen) atoms. The number of hydrogen-bond acceptors (Lipinski definition) is 3. The summed E-state index contributed by atoms with van der Waals surface area (Å²) in [5, 5.41) is 3.53. The first-order chi connectivity index (χ1) is 11.1. The molecular formula is C18H38IN5. The summed E-state index contributed by atoms with van der Waals surface area (Å²) in [6.07, 6.45) is 6.83. The van der Waals surface area contributed by atoms with Crippen LogP contribution in [-0.2, 0) is 0 Å². The summed E-state index contributed by atoms with van der Waals surface area (Å²) in [7, 11) is 6.20. The Bertz CT molecular complexity index is 353. The van der Waals surface area contributed by atoms with E-state index in [4.69, 9.17) is 0 Å².